The van der Waals surface area contributed by atoms with E-state index in [0.717, 1.165) is 11.1 Å². The van der Waals surface area contributed by atoms with E-state index in [4.69, 9.17) is 10.2 Å². The van der Waals surface area contributed by atoms with Crippen LogP contribution in [0.3, 0.4) is 0 Å². The molecule has 0 saturated carbocycles. The molecule has 0 fully saturated rings. The Morgan fingerprint density at radius 1 is 1.00 bits per heavy atom. The fourth-order valence-corrected chi connectivity index (χ4v) is 2.97. The summed E-state index contributed by atoms with van der Waals surface area (Å²) in [5.74, 6) is -0.289. The van der Waals surface area contributed by atoms with E-state index in [-0.39, 0.29) is 5.56 Å². The molecule has 0 amide bonds. The summed E-state index contributed by atoms with van der Waals surface area (Å²) in [6, 6.07) is 23.8. The molecule has 0 spiro atoms. The highest BCUT2D eigenvalue weighted by Gasteiger charge is 2.15. The quantitative estimate of drug-likeness (QED) is 0.605. The number of fused-ring (bicyclic) bond motifs is 1. The molecule has 0 aliphatic carbocycles. The van der Waals surface area contributed by atoms with Gasteiger partial charge in [0.1, 0.15) is 5.82 Å². The largest absolute Gasteiger partial charge is 0.478 e. The van der Waals surface area contributed by atoms with E-state index in [1.165, 1.54) is 0 Å². The summed E-state index contributed by atoms with van der Waals surface area (Å²) >= 11 is 0. The van der Waals surface area contributed by atoms with Crippen LogP contribution in [0.4, 0.5) is 0 Å². The molecule has 0 saturated heterocycles. The average molecular weight is 339 g/mol. The van der Waals surface area contributed by atoms with Gasteiger partial charge in [0.25, 0.3) is 0 Å². The smallest absolute Gasteiger partial charge is 0.335 e. The van der Waals surface area contributed by atoms with Crippen LogP contribution in [0.25, 0.3) is 28.1 Å². The van der Waals surface area contributed by atoms with Crippen LogP contribution in [0.5, 0.6) is 0 Å². The SMILES string of the molecule is N#Cc1ccc2c(c1)nc(-c1ccccc1)n2-c1cccc(C(=O)O)c1. The predicted molar refractivity (Wildman–Crippen MR) is 98.2 cm³/mol. The minimum absolute atomic E-state index is 0.206. The highest BCUT2D eigenvalue weighted by molar-refractivity contribution is 5.89. The van der Waals surface area contributed by atoms with Gasteiger partial charge in [0, 0.05) is 11.3 Å². The van der Waals surface area contributed by atoms with E-state index in [2.05, 4.69) is 6.07 Å². The highest BCUT2D eigenvalue weighted by Crippen LogP contribution is 2.29. The van der Waals surface area contributed by atoms with Gasteiger partial charge in [-0.15, -0.1) is 0 Å². The monoisotopic (exact) mass is 339 g/mol. The molecule has 4 rings (SSSR count). The van der Waals surface area contributed by atoms with Gasteiger partial charge in [-0.2, -0.15) is 5.26 Å². The molecule has 0 unspecified atom stereocenters. The zero-order valence-corrected chi connectivity index (χ0v) is 13.6. The average Bonchev–Trinajstić information content (AvgIpc) is 3.07. The van der Waals surface area contributed by atoms with E-state index < -0.39 is 5.97 Å². The van der Waals surface area contributed by atoms with E-state index >= 15 is 0 Å². The lowest BCUT2D eigenvalue weighted by atomic mass is 10.1. The van der Waals surface area contributed by atoms with Gasteiger partial charge < -0.3 is 5.11 Å². The molecule has 1 aromatic heterocycles. The third-order valence-corrected chi connectivity index (χ3v) is 4.17. The van der Waals surface area contributed by atoms with Crippen molar-refractivity contribution in [3.05, 3.63) is 83.9 Å². The number of imidazole rings is 1. The molecule has 0 aliphatic rings. The number of rotatable bonds is 3. The van der Waals surface area contributed by atoms with Crippen molar-refractivity contribution in [1.82, 2.24) is 9.55 Å². The molecule has 5 nitrogen and oxygen atoms in total. The number of hydrogen-bond acceptors (Lipinski definition) is 3. The molecule has 4 aromatic rings. The lowest BCUT2D eigenvalue weighted by Gasteiger charge is -2.10. The predicted octanol–water partition coefficient (Wildman–Crippen LogP) is 4.26. The van der Waals surface area contributed by atoms with Crippen LogP contribution in [-0.4, -0.2) is 20.6 Å². The van der Waals surface area contributed by atoms with Crippen LogP contribution >= 0.6 is 0 Å². The molecule has 26 heavy (non-hydrogen) atoms. The van der Waals surface area contributed by atoms with E-state index in [9.17, 15) is 9.90 Å². The lowest BCUT2D eigenvalue weighted by Crippen LogP contribution is -2.01. The van der Waals surface area contributed by atoms with Crippen molar-refractivity contribution in [2.45, 2.75) is 0 Å². The topological polar surface area (TPSA) is 78.9 Å². The van der Waals surface area contributed by atoms with Crippen molar-refractivity contribution >= 4 is 17.0 Å². The second-order valence-corrected chi connectivity index (χ2v) is 5.81. The normalized spacial score (nSPS) is 10.6. The standard InChI is InChI=1S/C21H13N3O2/c22-13-14-9-10-19-18(11-14)23-20(15-5-2-1-3-6-15)24(19)17-8-4-7-16(12-17)21(25)26/h1-12H,(H,25,26). The maximum atomic E-state index is 11.4. The zero-order chi connectivity index (χ0) is 18.1. The Balaban J connectivity index is 2.05. The Kier molecular flexibility index (Phi) is 3.71. The van der Waals surface area contributed by atoms with Crippen LogP contribution in [0.15, 0.2) is 72.8 Å². The van der Waals surface area contributed by atoms with Crippen molar-refractivity contribution in [1.29, 1.82) is 5.26 Å². The number of carboxylic acids is 1. The van der Waals surface area contributed by atoms with Crippen molar-refractivity contribution in [3.63, 3.8) is 0 Å². The number of aromatic nitrogens is 2. The van der Waals surface area contributed by atoms with Crippen molar-refractivity contribution < 1.29 is 9.90 Å². The Morgan fingerprint density at radius 2 is 1.81 bits per heavy atom. The Labute approximate surface area is 149 Å². The molecule has 124 valence electrons. The van der Waals surface area contributed by atoms with Gasteiger partial charge in [-0.3, -0.25) is 4.57 Å². The first-order valence-electron chi connectivity index (χ1n) is 7.99. The molecule has 1 heterocycles. The molecule has 0 aliphatic heterocycles. The molecule has 3 aromatic carbocycles. The maximum absolute atomic E-state index is 11.4. The van der Waals surface area contributed by atoms with Crippen molar-refractivity contribution in [2.24, 2.45) is 0 Å². The second kappa shape index (κ2) is 6.19. The molecule has 0 atom stereocenters. The first-order valence-corrected chi connectivity index (χ1v) is 7.99. The Morgan fingerprint density at radius 3 is 2.54 bits per heavy atom. The second-order valence-electron chi connectivity index (χ2n) is 5.81. The molecule has 0 radical (unpaired) electrons. The molecule has 1 N–H and O–H groups in total. The summed E-state index contributed by atoms with van der Waals surface area (Å²) in [5, 5.41) is 18.5. The summed E-state index contributed by atoms with van der Waals surface area (Å²) in [6.07, 6.45) is 0. The first kappa shape index (κ1) is 15.6. The van der Waals surface area contributed by atoms with Crippen molar-refractivity contribution in [3.8, 4) is 23.1 Å². The van der Waals surface area contributed by atoms with Crippen LogP contribution in [0.2, 0.25) is 0 Å². The number of nitrogens with zero attached hydrogens (tertiary/aromatic N) is 3. The lowest BCUT2D eigenvalue weighted by molar-refractivity contribution is 0.0697. The van der Waals surface area contributed by atoms with Gasteiger partial charge in [0.2, 0.25) is 0 Å². The van der Waals surface area contributed by atoms with Gasteiger partial charge in [0.15, 0.2) is 0 Å². The summed E-state index contributed by atoms with van der Waals surface area (Å²) < 4.78 is 1.91. The summed E-state index contributed by atoms with van der Waals surface area (Å²) in [5.41, 5.74) is 3.84. The van der Waals surface area contributed by atoms with Gasteiger partial charge in [-0.1, -0.05) is 36.4 Å². The van der Waals surface area contributed by atoms with Crippen LogP contribution < -0.4 is 0 Å². The number of carboxylic acid groups (broad SMARTS) is 1. The molecular weight excluding hydrogens is 326 g/mol. The Hall–Kier alpha value is -3.91. The van der Waals surface area contributed by atoms with Gasteiger partial charge in [-0.05, 0) is 36.4 Å². The zero-order valence-electron chi connectivity index (χ0n) is 13.6. The molecular formula is C21H13N3O2. The third kappa shape index (κ3) is 2.60. The summed E-state index contributed by atoms with van der Waals surface area (Å²) in [7, 11) is 0. The van der Waals surface area contributed by atoms with Gasteiger partial charge >= 0.3 is 5.97 Å². The third-order valence-electron chi connectivity index (χ3n) is 4.17. The Bertz CT molecular complexity index is 1170. The van der Waals surface area contributed by atoms with Crippen LogP contribution in [-0.2, 0) is 0 Å². The van der Waals surface area contributed by atoms with E-state index in [1.54, 1.807) is 30.3 Å². The number of hydrogen-bond donors (Lipinski definition) is 1. The minimum Gasteiger partial charge on any atom is -0.478 e. The summed E-state index contributed by atoms with van der Waals surface area (Å²) in [6.45, 7) is 0. The van der Waals surface area contributed by atoms with E-state index in [0.29, 0.717) is 22.6 Å². The number of aromatic carboxylic acids is 1. The fraction of sp³-hybridized carbons (Fsp3) is 0. The summed E-state index contributed by atoms with van der Waals surface area (Å²) in [4.78, 5) is 16.1. The minimum atomic E-state index is -0.982. The molecule has 0 bridgehead atoms. The number of carbonyl (C=O) groups is 1. The maximum Gasteiger partial charge on any atom is 0.335 e. The highest BCUT2D eigenvalue weighted by atomic mass is 16.4. The van der Waals surface area contributed by atoms with Crippen LogP contribution in [0, 0.1) is 11.3 Å². The van der Waals surface area contributed by atoms with Crippen LogP contribution in [0.1, 0.15) is 15.9 Å². The van der Waals surface area contributed by atoms with Gasteiger partial charge in [0.05, 0.1) is 28.2 Å². The number of nitriles is 1. The fourth-order valence-electron chi connectivity index (χ4n) is 2.97. The molecule has 5 heteroatoms. The first-order chi connectivity index (χ1) is 12.7. The number of benzene rings is 3. The van der Waals surface area contributed by atoms with Gasteiger partial charge in [-0.25, -0.2) is 9.78 Å². The van der Waals surface area contributed by atoms with Crippen molar-refractivity contribution in [2.75, 3.05) is 0 Å². The van der Waals surface area contributed by atoms with E-state index in [1.807, 2.05) is 47.0 Å².